The van der Waals surface area contributed by atoms with Gasteiger partial charge in [-0.1, -0.05) is 6.07 Å². The van der Waals surface area contributed by atoms with Crippen LogP contribution in [0.2, 0.25) is 0 Å². The van der Waals surface area contributed by atoms with E-state index in [1.54, 1.807) is 18.3 Å². The molecule has 1 fully saturated rings. The number of nitrogens with zero attached hydrogens (tertiary/aromatic N) is 2. The van der Waals surface area contributed by atoms with Gasteiger partial charge in [-0.15, -0.1) is 24.8 Å². The van der Waals surface area contributed by atoms with Crippen molar-refractivity contribution in [1.29, 1.82) is 0 Å². The molecule has 1 saturated heterocycles. The molecule has 2 heterocycles. The molecule has 0 bridgehead atoms. The Hall–Kier alpha value is -0.760. The van der Waals surface area contributed by atoms with E-state index in [1.165, 1.54) is 0 Å². The van der Waals surface area contributed by atoms with Gasteiger partial charge in [0.05, 0.1) is 0 Å². The number of hydrogen-bond donors (Lipinski definition) is 2. The van der Waals surface area contributed by atoms with E-state index in [4.69, 9.17) is 5.73 Å². The van der Waals surface area contributed by atoms with Crippen LogP contribution >= 0.6 is 24.8 Å². The molecule has 1 aliphatic heterocycles. The first-order chi connectivity index (χ1) is 9.47. The van der Waals surface area contributed by atoms with E-state index in [0.29, 0.717) is 11.4 Å². The molecule has 22 heavy (non-hydrogen) atoms. The van der Waals surface area contributed by atoms with Crippen LogP contribution < -0.4 is 11.1 Å². The fraction of sp³-hybridized carbons (Fsp3) is 0.615. The summed E-state index contributed by atoms with van der Waals surface area (Å²) in [6, 6.07) is 3.16. The van der Waals surface area contributed by atoms with Gasteiger partial charge in [0.2, 0.25) is 0 Å². The summed E-state index contributed by atoms with van der Waals surface area (Å²) < 4.78 is 37.6. The van der Waals surface area contributed by atoms with E-state index in [2.05, 4.69) is 15.2 Å². The topological polar surface area (TPSA) is 54.2 Å². The highest BCUT2D eigenvalue weighted by atomic mass is 35.5. The van der Waals surface area contributed by atoms with Crippen LogP contribution in [0.5, 0.6) is 0 Å². The van der Waals surface area contributed by atoms with Crippen molar-refractivity contribution in [2.45, 2.75) is 25.1 Å². The molecule has 1 atom stereocenters. The number of alkyl halides is 3. The van der Waals surface area contributed by atoms with Gasteiger partial charge in [-0.3, -0.25) is 4.90 Å². The molecule has 0 amide bonds. The maximum absolute atomic E-state index is 12.5. The highest BCUT2D eigenvalue weighted by Crippen LogP contribution is 2.33. The molecule has 4 nitrogen and oxygen atoms in total. The van der Waals surface area contributed by atoms with Gasteiger partial charge in [-0.05, 0) is 12.5 Å². The summed E-state index contributed by atoms with van der Waals surface area (Å²) in [5, 5.41) is 3.20. The smallest absolute Gasteiger partial charge is 0.383 e. The predicted octanol–water partition coefficient (Wildman–Crippen LogP) is 2.80. The molecule has 128 valence electrons. The number of rotatable bonds is 4. The minimum atomic E-state index is -4.15. The molecule has 3 N–H and O–H groups in total. The van der Waals surface area contributed by atoms with Crippen molar-refractivity contribution in [2.24, 2.45) is 0 Å². The average molecular weight is 361 g/mol. The van der Waals surface area contributed by atoms with Crippen molar-refractivity contribution in [2.75, 3.05) is 31.9 Å². The van der Waals surface area contributed by atoms with Crippen molar-refractivity contribution < 1.29 is 13.2 Å². The lowest BCUT2D eigenvalue weighted by molar-refractivity contribution is -0.138. The number of nitrogen functional groups attached to an aromatic ring is 1. The summed E-state index contributed by atoms with van der Waals surface area (Å²) in [5.74, 6) is 0.318. The molecule has 2 rings (SSSR count). The van der Waals surface area contributed by atoms with Crippen molar-refractivity contribution in [1.82, 2.24) is 15.2 Å². The highest BCUT2D eigenvalue weighted by molar-refractivity contribution is 5.85. The van der Waals surface area contributed by atoms with Crippen molar-refractivity contribution in [3.8, 4) is 0 Å². The summed E-state index contributed by atoms with van der Waals surface area (Å²) in [6.07, 6.45) is -3.39. The third kappa shape index (κ3) is 6.16. The lowest BCUT2D eigenvalue weighted by atomic mass is 10.00. The van der Waals surface area contributed by atoms with Gasteiger partial charge >= 0.3 is 6.18 Å². The second-order valence-electron chi connectivity index (χ2n) is 4.93. The molecule has 9 heteroatoms. The summed E-state index contributed by atoms with van der Waals surface area (Å²) in [4.78, 5) is 6.04. The Bertz CT molecular complexity index is 440. The highest BCUT2D eigenvalue weighted by Gasteiger charge is 2.32. The zero-order valence-corrected chi connectivity index (χ0v) is 13.6. The number of piperazine rings is 1. The number of nitrogens with two attached hydrogens (primary N) is 1. The first kappa shape index (κ1) is 21.2. The SMILES string of the molecule is Cl.Cl.Nc1ncccc1[C@@H](CCC(F)(F)F)N1CCNCC1. The first-order valence-corrected chi connectivity index (χ1v) is 6.69. The molecule has 0 aromatic carbocycles. The van der Waals surface area contributed by atoms with Gasteiger partial charge in [0.1, 0.15) is 5.82 Å². The number of hydrogen-bond acceptors (Lipinski definition) is 4. The molecule has 0 saturated carbocycles. The summed E-state index contributed by atoms with van der Waals surface area (Å²) >= 11 is 0. The fourth-order valence-electron chi connectivity index (χ4n) is 2.54. The monoisotopic (exact) mass is 360 g/mol. The normalized spacial score (nSPS) is 17.2. The Labute approximate surface area is 140 Å². The first-order valence-electron chi connectivity index (χ1n) is 6.69. The number of pyridine rings is 1. The van der Waals surface area contributed by atoms with Crippen LogP contribution in [-0.2, 0) is 0 Å². The number of aromatic nitrogens is 1. The molecular formula is C13H21Cl2F3N4. The second-order valence-corrected chi connectivity index (χ2v) is 4.93. The van der Waals surface area contributed by atoms with Crippen molar-refractivity contribution >= 4 is 30.6 Å². The number of anilines is 1. The van der Waals surface area contributed by atoms with E-state index < -0.39 is 12.6 Å². The Morgan fingerprint density at radius 3 is 2.45 bits per heavy atom. The van der Waals surface area contributed by atoms with Gasteiger partial charge in [0.15, 0.2) is 0 Å². The Morgan fingerprint density at radius 1 is 1.27 bits per heavy atom. The van der Waals surface area contributed by atoms with Gasteiger partial charge in [0, 0.05) is 50.4 Å². The lowest BCUT2D eigenvalue weighted by Crippen LogP contribution is -2.45. The van der Waals surface area contributed by atoms with E-state index in [0.717, 1.165) is 26.2 Å². The second kappa shape index (κ2) is 9.39. The minimum absolute atomic E-state index is 0. The van der Waals surface area contributed by atoms with Crippen molar-refractivity contribution in [3.05, 3.63) is 23.9 Å². The van der Waals surface area contributed by atoms with Gasteiger partial charge < -0.3 is 11.1 Å². The molecule has 1 aromatic heterocycles. The van der Waals surface area contributed by atoms with Gasteiger partial charge in [-0.25, -0.2) is 4.98 Å². The molecule has 1 aliphatic rings. The standard InChI is InChI=1S/C13H19F3N4.2ClH/c14-13(15,16)4-3-11(20-8-6-18-7-9-20)10-2-1-5-19-12(10)17;;/h1-2,5,11,18H,3-4,6-9H2,(H2,17,19);2*1H/t11-;;/m1../s1. The zero-order chi connectivity index (χ0) is 14.6. The van der Waals surface area contributed by atoms with E-state index in [9.17, 15) is 13.2 Å². The average Bonchev–Trinajstić information content (AvgIpc) is 2.41. The van der Waals surface area contributed by atoms with Crippen molar-refractivity contribution in [3.63, 3.8) is 0 Å². The largest absolute Gasteiger partial charge is 0.389 e. The lowest BCUT2D eigenvalue weighted by Gasteiger charge is -2.35. The predicted molar refractivity (Wildman–Crippen MR) is 85.6 cm³/mol. The summed E-state index contributed by atoms with van der Waals surface area (Å²) in [7, 11) is 0. The van der Waals surface area contributed by atoms with Crippen LogP contribution in [0.1, 0.15) is 24.4 Å². The Morgan fingerprint density at radius 2 is 1.91 bits per heavy atom. The molecule has 1 aromatic rings. The number of nitrogens with one attached hydrogen (secondary N) is 1. The molecule has 0 spiro atoms. The van der Waals surface area contributed by atoms with Crippen LogP contribution in [0.25, 0.3) is 0 Å². The minimum Gasteiger partial charge on any atom is -0.383 e. The van der Waals surface area contributed by atoms with E-state index in [-0.39, 0.29) is 37.3 Å². The Balaban J connectivity index is 0.00000220. The van der Waals surface area contributed by atoms with Crippen LogP contribution in [0, 0.1) is 0 Å². The van der Waals surface area contributed by atoms with E-state index >= 15 is 0 Å². The molecule has 0 radical (unpaired) electrons. The summed E-state index contributed by atoms with van der Waals surface area (Å²) in [6.45, 7) is 3.00. The third-order valence-corrected chi connectivity index (χ3v) is 3.52. The maximum atomic E-state index is 12.5. The summed E-state index contributed by atoms with van der Waals surface area (Å²) in [5.41, 5.74) is 6.53. The molecule has 0 unspecified atom stereocenters. The van der Waals surface area contributed by atoms with Gasteiger partial charge in [0.25, 0.3) is 0 Å². The quantitative estimate of drug-likeness (QED) is 0.866. The number of halogens is 5. The van der Waals surface area contributed by atoms with E-state index in [1.807, 2.05) is 0 Å². The third-order valence-electron chi connectivity index (χ3n) is 3.52. The van der Waals surface area contributed by atoms with Gasteiger partial charge in [-0.2, -0.15) is 13.2 Å². The zero-order valence-electron chi connectivity index (χ0n) is 12.0. The van der Waals surface area contributed by atoms with Crippen LogP contribution in [0.3, 0.4) is 0 Å². The molecular weight excluding hydrogens is 340 g/mol. The van der Waals surface area contributed by atoms with Crippen LogP contribution in [0.4, 0.5) is 19.0 Å². The molecule has 0 aliphatic carbocycles. The fourth-order valence-corrected chi connectivity index (χ4v) is 2.54. The maximum Gasteiger partial charge on any atom is 0.389 e. The van der Waals surface area contributed by atoms with Crippen LogP contribution in [-0.4, -0.2) is 42.2 Å². The Kier molecular flexibility index (Phi) is 9.07. The van der Waals surface area contributed by atoms with Crippen LogP contribution in [0.15, 0.2) is 18.3 Å².